The molecule has 1 aromatic heterocycles. The van der Waals surface area contributed by atoms with Gasteiger partial charge in [-0.2, -0.15) is 4.31 Å². The average molecular weight is 729 g/mol. The maximum Gasteiger partial charge on any atom is 0.324 e. The van der Waals surface area contributed by atoms with Crippen LogP contribution in [0.15, 0.2) is 76.1 Å². The summed E-state index contributed by atoms with van der Waals surface area (Å²) in [5.41, 5.74) is 1.94. The molecule has 1 saturated heterocycles. The molecule has 0 radical (unpaired) electrons. The van der Waals surface area contributed by atoms with Crippen molar-refractivity contribution in [2.24, 2.45) is 17.0 Å². The van der Waals surface area contributed by atoms with Gasteiger partial charge in [0, 0.05) is 44.2 Å². The van der Waals surface area contributed by atoms with Crippen molar-refractivity contribution in [2.45, 2.75) is 63.7 Å². The molecule has 3 atom stereocenters. The molecule has 1 unspecified atom stereocenters. The summed E-state index contributed by atoms with van der Waals surface area (Å²) < 4.78 is 28.9. The topological polar surface area (TPSA) is 186 Å². The van der Waals surface area contributed by atoms with Gasteiger partial charge in [0.15, 0.2) is 0 Å². The Morgan fingerprint density at radius 1 is 1.08 bits per heavy atom. The number of rotatable bonds is 17. The minimum atomic E-state index is -4.08. The number of nitrogens with zero attached hydrogens (tertiary/aromatic N) is 5. The van der Waals surface area contributed by atoms with Gasteiger partial charge in [-0.15, -0.1) is 0 Å². The van der Waals surface area contributed by atoms with E-state index < -0.39 is 39.0 Å². The van der Waals surface area contributed by atoms with Gasteiger partial charge < -0.3 is 25.4 Å². The van der Waals surface area contributed by atoms with Crippen LogP contribution in [0.1, 0.15) is 44.4 Å². The fourth-order valence-electron chi connectivity index (χ4n) is 5.95. The summed E-state index contributed by atoms with van der Waals surface area (Å²) in [6.07, 6.45) is 0.0416. The Morgan fingerprint density at radius 2 is 1.76 bits per heavy atom. The molecule has 3 N–H and O–H groups in total. The molecule has 0 aliphatic carbocycles. The van der Waals surface area contributed by atoms with Gasteiger partial charge in [-0.05, 0) is 47.1 Å². The fraction of sp³-hybridized carbons (Fsp3) is 0.441. The standard InChI is InChI=1S/C34H44N6O8S2/c1-23(2)19-38(50(47,48)28-12-10-26(11-13-28)18-35-44)21-30(41)29(16-25-8-6-5-7-9-25)36-33(42)32(24(3)4)39-15-14-37(34(39)43)20-27-17-31(40(45)46)49-22-27/h5-13,17-18,22-24,29-30,32,41,44H,14-16,19-21H2,1-4H3,(H,36,42)/b35-18+/t29-,30?,32+/m0/s1. The van der Waals surface area contributed by atoms with E-state index >= 15 is 0 Å². The number of sulfonamides is 1. The number of urea groups is 1. The summed E-state index contributed by atoms with van der Waals surface area (Å²) in [4.78, 5) is 41.3. The van der Waals surface area contributed by atoms with Crippen LogP contribution in [0.3, 0.4) is 0 Å². The molecule has 16 heteroatoms. The molecule has 3 amide bonds. The largest absolute Gasteiger partial charge is 0.411 e. The highest BCUT2D eigenvalue weighted by atomic mass is 32.2. The number of carbonyl (C=O) groups excluding carboxylic acids is 2. The second-order valence-electron chi connectivity index (χ2n) is 13.0. The van der Waals surface area contributed by atoms with Gasteiger partial charge in [0.2, 0.25) is 15.9 Å². The molecular weight excluding hydrogens is 685 g/mol. The molecule has 270 valence electrons. The van der Waals surface area contributed by atoms with Crippen molar-refractivity contribution in [3.05, 3.63) is 92.8 Å². The van der Waals surface area contributed by atoms with Crippen molar-refractivity contribution in [2.75, 3.05) is 26.2 Å². The summed E-state index contributed by atoms with van der Waals surface area (Å²) in [6.45, 7) is 7.91. The maximum absolute atomic E-state index is 14.1. The number of aliphatic hydroxyl groups excluding tert-OH is 1. The maximum atomic E-state index is 14.1. The summed E-state index contributed by atoms with van der Waals surface area (Å²) >= 11 is 0.986. The Balaban J connectivity index is 1.56. The van der Waals surface area contributed by atoms with Crippen molar-refractivity contribution < 1.29 is 33.2 Å². The predicted octanol–water partition coefficient (Wildman–Crippen LogP) is 4.16. The number of nitro groups is 1. The molecule has 2 aromatic carbocycles. The van der Waals surface area contributed by atoms with E-state index in [2.05, 4.69) is 10.5 Å². The van der Waals surface area contributed by atoms with E-state index in [1.807, 2.05) is 58.0 Å². The van der Waals surface area contributed by atoms with Gasteiger partial charge in [0.25, 0.3) is 0 Å². The number of benzene rings is 2. The number of thiophene rings is 1. The highest BCUT2D eigenvalue weighted by molar-refractivity contribution is 7.89. The van der Waals surface area contributed by atoms with Crippen LogP contribution in [-0.2, 0) is 27.8 Å². The summed E-state index contributed by atoms with van der Waals surface area (Å²) in [5, 5.41) is 39.2. The zero-order chi connectivity index (χ0) is 36.6. The first-order valence-electron chi connectivity index (χ1n) is 16.3. The Kier molecular flexibility index (Phi) is 13.1. The number of hydrogen-bond donors (Lipinski definition) is 3. The Hall–Kier alpha value is -4.38. The van der Waals surface area contributed by atoms with Crippen LogP contribution in [0.25, 0.3) is 0 Å². The van der Waals surface area contributed by atoms with Crippen LogP contribution in [0.5, 0.6) is 0 Å². The van der Waals surface area contributed by atoms with Gasteiger partial charge in [-0.1, -0.05) is 86.7 Å². The molecule has 0 bridgehead atoms. The van der Waals surface area contributed by atoms with Gasteiger partial charge in [-0.3, -0.25) is 14.9 Å². The van der Waals surface area contributed by atoms with Crippen LogP contribution in [0.4, 0.5) is 9.80 Å². The highest BCUT2D eigenvalue weighted by Crippen LogP contribution is 2.26. The SMILES string of the molecule is CC(C)CN(CC(O)[C@H](Cc1ccccc1)NC(=O)[C@@H](C(C)C)N1CCN(Cc2csc([N+](=O)[O-])c2)C1=O)S(=O)(=O)c1ccc(/C=N/O)cc1. The van der Waals surface area contributed by atoms with Crippen molar-refractivity contribution in [3.63, 3.8) is 0 Å². The van der Waals surface area contributed by atoms with E-state index in [0.29, 0.717) is 17.7 Å². The minimum absolute atomic E-state index is 0.00175. The lowest BCUT2D eigenvalue weighted by Crippen LogP contribution is -2.57. The van der Waals surface area contributed by atoms with E-state index in [4.69, 9.17) is 5.21 Å². The molecule has 14 nitrogen and oxygen atoms in total. The third-order valence-electron chi connectivity index (χ3n) is 8.33. The van der Waals surface area contributed by atoms with Crippen molar-refractivity contribution >= 4 is 44.5 Å². The van der Waals surface area contributed by atoms with E-state index in [1.54, 1.807) is 10.3 Å². The minimum Gasteiger partial charge on any atom is -0.411 e. The zero-order valence-electron chi connectivity index (χ0n) is 28.5. The summed E-state index contributed by atoms with van der Waals surface area (Å²) in [7, 11) is -4.08. The molecule has 1 fully saturated rings. The van der Waals surface area contributed by atoms with Crippen LogP contribution < -0.4 is 5.32 Å². The monoisotopic (exact) mass is 728 g/mol. The first-order chi connectivity index (χ1) is 23.7. The summed E-state index contributed by atoms with van der Waals surface area (Å²) in [6, 6.07) is 14.3. The number of amides is 3. The third-order valence-corrected chi connectivity index (χ3v) is 11.1. The van der Waals surface area contributed by atoms with Crippen LogP contribution in [0.2, 0.25) is 0 Å². The predicted molar refractivity (Wildman–Crippen MR) is 190 cm³/mol. The number of nitrogens with one attached hydrogen (secondary N) is 1. The molecule has 50 heavy (non-hydrogen) atoms. The van der Waals surface area contributed by atoms with Crippen LogP contribution in [-0.4, -0.2) is 100 Å². The molecular formula is C34H44N6O8S2. The lowest BCUT2D eigenvalue weighted by molar-refractivity contribution is -0.380. The second-order valence-corrected chi connectivity index (χ2v) is 15.9. The Bertz CT molecular complexity index is 1750. The van der Waals surface area contributed by atoms with Crippen molar-refractivity contribution in [1.82, 2.24) is 19.4 Å². The fourth-order valence-corrected chi connectivity index (χ4v) is 8.29. The third kappa shape index (κ3) is 9.65. The highest BCUT2D eigenvalue weighted by Gasteiger charge is 2.40. The normalized spacial score (nSPS) is 15.7. The molecule has 1 aliphatic rings. The zero-order valence-corrected chi connectivity index (χ0v) is 30.1. The number of aliphatic hydroxyl groups is 1. The molecule has 3 aromatic rings. The van der Waals surface area contributed by atoms with Gasteiger partial charge in [0.05, 0.1) is 28.2 Å². The molecule has 0 spiro atoms. The lowest BCUT2D eigenvalue weighted by atomic mass is 9.97. The molecule has 2 heterocycles. The van der Waals surface area contributed by atoms with E-state index in [9.17, 15) is 33.2 Å². The smallest absolute Gasteiger partial charge is 0.324 e. The van der Waals surface area contributed by atoms with E-state index in [0.717, 1.165) is 16.9 Å². The first-order valence-corrected chi connectivity index (χ1v) is 18.6. The van der Waals surface area contributed by atoms with E-state index in [-0.39, 0.29) is 60.4 Å². The number of carbonyl (C=O) groups is 2. The number of hydrogen-bond acceptors (Lipinski definition) is 10. The van der Waals surface area contributed by atoms with Crippen molar-refractivity contribution in [3.8, 4) is 0 Å². The summed E-state index contributed by atoms with van der Waals surface area (Å²) in [5.74, 6) is -0.886. The number of oxime groups is 1. The van der Waals surface area contributed by atoms with Gasteiger partial charge in [-0.25, -0.2) is 13.2 Å². The van der Waals surface area contributed by atoms with Crippen molar-refractivity contribution in [1.29, 1.82) is 0 Å². The van der Waals surface area contributed by atoms with Gasteiger partial charge in [0.1, 0.15) is 6.04 Å². The molecule has 4 rings (SSSR count). The molecule has 1 aliphatic heterocycles. The lowest BCUT2D eigenvalue weighted by Gasteiger charge is -2.34. The van der Waals surface area contributed by atoms with Crippen LogP contribution >= 0.6 is 11.3 Å². The molecule has 0 saturated carbocycles. The average Bonchev–Trinajstić information content (AvgIpc) is 3.68. The Labute approximate surface area is 296 Å². The van der Waals surface area contributed by atoms with Crippen LogP contribution in [0, 0.1) is 22.0 Å². The van der Waals surface area contributed by atoms with E-state index in [1.165, 1.54) is 45.8 Å². The quantitative estimate of drug-likeness (QED) is 0.0800. The first kappa shape index (κ1) is 38.4. The second kappa shape index (κ2) is 17.0. The van der Waals surface area contributed by atoms with Gasteiger partial charge >= 0.3 is 11.0 Å². The Morgan fingerprint density at radius 3 is 2.34 bits per heavy atom.